The topological polar surface area (TPSA) is 12.4 Å². The van der Waals surface area contributed by atoms with Gasteiger partial charge < -0.3 is 0 Å². The van der Waals surface area contributed by atoms with Crippen molar-refractivity contribution in [3.8, 4) is 0 Å². The summed E-state index contributed by atoms with van der Waals surface area (Å²) in [5, 5.41) is 0. The van der Waals surface area contributed by atoms with Crippen LogP contribution in [0, 0.1) is 29.6 Å². The molecule has 0 atom stereocenters. The van der Waals surface area contributed by atoms with Crippen molar-refractivity contribution >= 4 is 35.8 Å². The summed E-state index contributed by atoms with van der Waals surface area (Å²) in [7, 11) is -2.47. The van der Waals surface area contributed by atoms with Crippen LogP contribution in [0.5, 0.6) is 0 Å². The van der Waals surface area contributed by atoms with Crippen LogP contribution < -0.4 is 0 Å². The summed E-state index contributed by atoms with van der Waals surface area (Å²) < 4.78 is 4.52. The zero-order valence-corrected chi connectivity index (χ0v) is 35.0. The van der Waals surface area contributed by atoms with E-state index in [1.54, 1.807) is 0 Å². The van der Waals surface area contributed by atoms with Crippen molar-refractivity contribution in [2.45, 2.75) is 133 Å². The second kappa shape index (κ2) is 15.0. The second-order valence-electron chi connectivity index (χ2n) is 14.4. The van der Waals surface area contributed by atoms with Gasteiger partial charge in [0.05, 0.1) is 0 Å². The number of hydrogen-bond donors (Lipinski definition) is 0. The van der Waals surface area contributed by atoms with Gasteiger partial charge >= 0.3 is 98.8 Å². The van der Waals surface area contributed by atoms with Crippen molar-refractivity contribution in [1.29, 1.82) is 0 Å². The molecular formula is C31H59NSi4Ta. The van der Waals surface area contributed by atoms with E-state index in [0.717, 1.165) is 20.9 Å². The maximum Gasteiger partial charge on any atom is 0.0306 e. The van der Waals surface area contributed by atoms with E-state index >= 15 is 0 Å². The zero-order valence-electron chi connectivity index (χ0n) is 27.8. The Bertz CT molecular complexity index is 729. The summed E-state index contributed by atoms with van der Waals surface area (Å²) in [6.45, 7) is 43.4. The molecule has 1 aromatic rings. The molecule has 37 heavy (non-hydrogen) atoms. The van der Waals surface area contributed by atoms with E-state index in [1.807, 2.05) is 0 Å². The quantitative estimate of drug-likeness (QED) is 0.258. The SMILES string of the molecule is CC(C)c1cccc(C(C)C)c1[N]=[Ta].C[C]1[C](C)[C](C)[C](C)[C]1C.C[Si](C)(C)[Si]([Si](C)(C)C)[Si](C)(C)C. The van der Waals surface area contributed by atoms with Crippen molar-refractivity contribution in [1.82, 2.24) is 0 Å². The third-order valence-electron chi connectivity index (χ3n) is 7.50. The van der Waals surface area contributed by atoms with E-state index in [0.29, 0.717) is 11.8 Å². The Balaban J connectivity index is 0.000000532. The Kier molecular flexibility index (Phi) is 15.3. The van der Waals surface area contributed by atoms with Crippen molar-refractivity contribution in [3.05, 3.63) is 58.9 Å². The molecule has 0 heterocycles. The molecule has 0 saturated heterocycles. The van der Waals surface area contributed by atoms with E-state index in [-0.39, 0.29) is 7.35 Å². The molecule has 1 saturated carbocycles. The Labute approximate surface area is 250 Å². The van der Waals surface area contributed by atoms with Gasteiger partial charge in [0.15, 0.2) is 0 Å². The molecule has 2 rings (SSSR count). The summed E-state index contributed by atoms with van der Waals surface area (Å²) in [4.78, 5) is 0. The van der Waals surface area contributed by atoms with Crippen LogP contribution in [0.15, 0.2) is 21.5 Å². The molecule has 0 N–H and O–H groups in total. The first-order valence-corrected chi connectivity index (χ1v) is 30.5. The first-order chi connectivity index (χ1) is 16.5. The molecule has 6 heteroatoms. The Morgan fingerprint density at radius 3 is 0.946 bits per heavy atom. The fraction of sp³-hybridized carbons (Fsp3) is 0.645. The molecule has 1 aromatic carbocycles. The minimum Gasteiger partial charge on any atom is -0.0721 e. The van der Waals surface area contributed by atoms with Gasteiger partial charge in [-0.25, -0.2) is 0 Å². The number of benzene rings is 1. The number of rotatable bonds is 6. The van der Waals surface area contributed by atoms with Gasteiger partial charge in [-0.05, 0) is 29.6 Å². The molecule has 6 radical (unpaired) electrons. The summed E-state index contributed by atoms with van der Waals surface area (Å²) in [6, 6.07) is 6.55. The predicted molar refractivity (Wildman–Crippen MR) is 177 cm³/mol. The summed E-state index contributed by atoms with van der Waals surface area (Å²) in [5.41, 5.74) is 4.02. The van der Waals surface area contributed by atoms with Crippen molar-refractivity contribution < 1.29 is 20.9 Å². The van der Waals surface area contributed by atoms with Gasteiger partial charge in [0, 0.05) is 30.1 Å². The fourth-order valence-corrected chi connectivity index (χ4v) is 95.0. The molecule has 1 aliphatic rings. The predicted octanol–water partition coefficient (Wildman–Crippen LogP) is 11.0. The van der Waals surface area contributed by atoms with E-state index in [2.05, 4.69) is 143 Å². The van der Waals surface area contributed by atoms with Crippen LogP contribution in [0.4, 0.5) is 5.69 Å². The third-order valence-corrected chi connectivity index (χ3v) is 66.7. The average molecular weight is 739 g/mol. The molecule has 0 unspecified atom stereocenters. The van der Waals surface area contributed by atoms with Gasteiger partial charge in [0.2, 0.25) is 0 Å². The Morgan fingerprint density at radius 2 is 0.811 bits per heavy atom. The minimum atomic E-state index is -0.832. The van der Waals surface area contributed by atoms with Crippen LogP contribution in [0.2, 0.25) is 58.9 Å². The normalized spacial score (nSPS) is 17.2. The van der Waals surface area contributed by atoms with Crippen LogP contribution in [0.25, 0.3) is 0 Å². The van der Waals surface area contributed by atoms with Gasteiger partial charge in [0.1, 0.15) is 0 Å². The van der Waals surface area contributed by atoms with Crippen LogP contribution in [0.3, 0.4) is 0 Å². The minimum absolute atomic E-state index is 0.0255. The Morgan fingerprint density at radius 1 is 0.568 bits per heavy atom. The fourth-order valence-electron chi connectivity index (χ4n) is 6.41. The first-order valence-electron chi connectivity index (χ1n) is 14.1. The smallest absolute Gasteiger partial charge is 0.0306 e. The van der Waals surface area contributed by atoms with Gasteiger partial charge in [-0.15, -0.1) is 0 Å². The Hall–Kier alpha value is 0.628. The number of hydrogen-bond acceptors (Lipinski definition) is 1. The van der Waals surface area contributed by atoms with Crippen LogP contribution in [0.1, 0.15) is 85.3 Å². The largest absolute Gasteiger partial charge is 0.0721 e. The van der Waals surface area contributed by atoms with Crippen LogP contribution in [-0.4, -0.2) is 30.1 Å². The average Bonchev–Trinajstić information content (AvgIpc) is 2.88. The molecule has 0 spiro atoms. The standard InChI is InChI=1S/C12H17N.C10H15.C9H27Si4.Ta/c1-8(2)10-6-5-7-11(9(3)4)12(10)13;1-6-7(2)9(4)10(5)8(6)3;1-11(2,3)10(12(4,5)6)13(7,8)9;/h5-9H,1-4H3;1-5H3;1-9H3;. The molecule has 0 aliphatic heterocycles. The van der Waals surface area contributed by atoms with Gasteiger partial charge in [-0.3, -0.25) is 0 Å². The maximum atomic E-state index is 4.52. The molecule has 0 bridgehead atoms. The van der Waals surface area contributed by atoms with E-state index in [1.165, 1.54) is 46.4 Å². The van der Waals surface area contributed by atoms with Gasteiger partial charge in [0.25, 0.3) is 0 Å². The molecule has 1 nitrogen and oxygen atoms in total. The summed E-state index contributed by atoms with van der Waals surface area (Å²) in [6.07, 6.45) is 0. The molecule has 209 valence electrons. The summed E-state index contributed by atoms with van der Waals surface area (Å²) >= 11 is 1.09. The van der Waals surface area contributed by atoms with Crippen LogP contribution >= 0.6 is 0 Å². The molecule has 1 aliphatic carbocycles. The second-order valence-corrected chi connectivity index (χ2v) is 51.9. The van der Waals surface area contributed by atoms with Crippen LogP contribution in [-0.2, 0) is 20.9 Å². The van der Waals surface area contributed by atoms with Crippen molar-refractivity contribution in [2.75, 3.05) is 0 Å². The number of nitrogens with zero attached hydrogens (tertiary/aromatic N) is 1. The molecule has 1 fully saturated rings. The third kappa shape index (κ3) is 11.2. The molecule has 0 aromatic heterocycles. The van der Waals surface area contributed by atoms with E-state index in [4.69, 9.17) is 0 Å². The van der Waals surface area contributed by atoms with Gasteiger partial charge in [-0.2, -0.15) is 0 Å². The zero-order chi connectivity index (χ0) is 29.7. The molecule has 0 amide bonds. The van der Waals surface area contributed by atoms with Crippen molar-refractivity contribution in [3.63, 3.8) is 0 Å². The van der Waals surface area contributed by atoms with Crippen molar-refractivity contribution in [2.24, 2.45) is 3.34 Å². The van der Waals surface area contributed by atoms with Gasteiger partial charge in [-0.1, -0.05) is 93.5 Å². The van der Waals surface area contributed by atoms with E-state index in [9.17, 15) is 0 Å². The molecular weight excluding hydrogens is 680 g/mol. The maximum absolute atomic E-state index is 4.52. The van der Waals surface area contributed by atoms with E-state index < -0.39 is 22.8 Å². The monoisotopic (exact) mass is 738 g/mol. The first kappa shape index (κ1) is 37.6. The summed E-state index contributed by atoms with van der Waals surface area (Å²) in [5.74, 6) is 8.47.